The molecule has 3 nitrogen and oxygen atoms in total. The first-order valence-corrected chi connectivity index (χ1v) is 6.64. The largest absolute Gasteiger partial charge is 0.390 e. The van der Waals surface area contributed by atoms with E-state index in [1.54, 1.807) is 0 Å². The van der Waals surface area contributed by atoms with Crippen LogP contribution in [0.1, 0.15) is 54.4 Å². The maximum Gasteiger partial charge on any atom is 0.0769 e. The molecule has 0 radical (unpaired) electrons. The van der Waals surface area contributed by atoms with Gasteiger partial charge in [0.25, 0.3) is 0 Å². The molecule has 0 aliphatic carbocycles. The fourth-order valence-corrected chi connectivity index (χ4v) is 1.99. The third-order valence-corrected chi connectivity index (χ3v) is 4.44. The van der Waals surface area contributed by atoms with E-state index in [1.165, 1.54) is 0 Å². The Morgan fingerprint density at radius 1 is 1.06 bits per heavy atom. The first-order valence-electron chi connectivity index (χ1n) is 6.64. The number of likely N-dealkylation sites (N-methyl/N-ethyl adjacent to an activating group) is 1. The zero-order valence-electron chi connectivity index (χ0n) is 12.5. The SMILES string of the molecule is CN[C@H](C)C(C)(O)CCC(C)[C@@H](C)C(C)(C)O. The van der Waals surface area contributed by atoms with Gasteiger partial charge in [-0.2, -0.15) is 0 Å². The van der Waals surface area contributed by atoms with Crippen molar-refractivity contribution in [3.8, 4) is 0 Å². The lowest BCUT2D eigenvalue weighted by Crippen LogP contribution is -2.45. The van der Waals surface area contributed by atoms with E-state index in [2.05, 4.69) is 19.2 Å². The quantitative estimate of drug-likeness (QED) is 0.644. The van der Waals surface area contributed by atoms with Gasteiger partial charge in [0.15, 0.2) is 0 Å². The highest BCUT2D eigenvalue weighted by molar-refractivity contribution is 4.86. The van der Waals surface area contributed by atoms with E-state index in [0.717, 1.165) is 12.8 Å². The molecule has 0 aromatic rings. The highest BCUT2D eigenvalue weighted by Gasteiger charge is 2.31. The van der Waals surface area contributed by atoms with Crippen LogP contribution in [0.4, 0.5) is 0 Å². The molecule has 0 heterocycles. The summed E-state index contributed by atoms with van der Waals surface area (Å²) in [5.74, 6) is 0.619. The standard InChI is InChI=1S/C14H31NO2/c1-10(11(2)13(4,5)16)8-9-14(6,17)12(3)15-7/h10-12,15-17H,8-9H2,1-7H3/t10?,11-,12-,14?/m1/s1. The molecule has 0 bridgehead atoms. The van der Waals surface area contributed by atoms with Crippen molar-refractivity contribution in [1.29, 1.82) is 0 Å². The highest BCUT2D eigenvalue weighted by Crippen LogP contribution is 2.30. The third kappa shape index (κ3) is 5.36. The maximum absolute atomic E-state index is 10.3. The van der Waals surface area contributed by atoms with Crippen molar-refractivity contribution in [2.45, 2.75) is 71.6 Å². The van der Waals surface area contributed by atoms with Gasteiger partial charge in [0.05, 0.1) is 11.2 Å². The predicted octanol–water partition coefficient (Wildman–Crippen LogP) is 2.17. The van der Waals surface area contributed by atoms with Gasteiger partial charge in [-0.3, -0.25) is 0 Å². The molecule has 0 saturated carbocycles. The van der Waals surface area contributed by atoms with E-state index in [0.29, 0.717) is 5.92 Å². The monoisotopic (exact) mass is 245 g/mol. The summed E-state index contributed by atoms with van der Waals surface area (Å²) in [4.78, 5) is 0. The Morgan fingerprint density at radius 2 is 1.53 bits per heavy atom. The fraction of sp³-hybridized carbons (Fsp3) is 1.00. The summed E-state index contributed by atoms with van der Waals surface area (Å²) >= 11 is 0. The summed E-state index contributed by atoms with van der Waals surface area (Å²) in [6.45, 7) is 11.8. The van der Waals surface area contributed by atoms with Crippen LogP contribution in [0.25, 0.3) is 0 Å². The molecule has 0 saturated heterocycles. The number of rotatable bonds is 7. The minimum atomic E-state index is -0.692. The van der Waals surface area contributed by atoms with Gasteiger partial charge in [-0.1, -0.05) is 13.8 Å². The Morgan fingerprint density at radius 3 is 1.88 bits per heavy atom. The van der Waals surface area contributed by atoms with Crippen LogP contribution in [0.3, 0.4) is 0 Å². The topological polar surface area (TPSA) is 52.5 Å². The van der Waals surface area contributed by atoms with Crippen molar-refractivity contribution >= 4 is 0 Å². The number of aliphatic hydroxyl groups is 2. The Balaban J connectivity index is 4.29. The summed E-state index contributed by atoms with van der Waals surface area (Å²) in [6.07, 6.45) is 1.67. The van der Waals surface area contributed by atoms with E-state index in [1.807, 2.05) is 34.7 Å². The van der Waals surface area contributed by atoms with Gasteiger partial charge in [0.2, 0.25) is 0 Å². The van der Waals surface area contributed by atoms with E-state index in [9.17, 15) is 10.2 Å². The second-order valence-corrected chi connectivity index (χ2v) is 6.33. The molecule has 2 unspecified atom stereocenters. The molecule has 3 heteroatoms. The molecule has 0 amide bonds. The van der Waals surface area contributed by atoms with Crippen molar-refractivity contribution in [1.82, 2.24) is 5.32 Å². The van der Waals surface area contributed by atoms with E-state index in [4.69, 9.17) is 0 Å². The molecular weight excluding hydrogens is 214 g/mol. The Labute approximate surface area is 107 Å². The van der Waals surface area contributed by atoms with E-state index >= 15 is 0 Å². The van der Waals surface area contributed by atoms with Gasteiger partial charge in [0, 0.05) is 6.04 Å². The first-order chi connectivity index (χ1) is 7.52. The molecule has 4 atom stereocenters. The van der Waals surface area contributed by atoms with Crippen molar-refractivity contribution in [3.05, 3.63) is 0 Å². The summed E-state index contributed by atoms with van der Waals surface area (Å²) in [5, 5.41) is 23.3. The maximum atomic E-state index is 10.3. The summed E-state index contributed by atoms with van der Waals surface area (Å²) in [5.41, 5.74) is -1.35. The fourth-order valence-electron chi connectivity index (χ4n) is 1.99. The zero-order valence-corrected chi connectivity index (χ0v) is 12.5. The summed E-state index contributed by atoms with van der Waals surface area (Å²) in [7, 11) is 1.86. The van der Waals surface area contributed by atoms with E-state index < -0.39 is 11.2 Å². The van der Waals surface area contributed by atoms with Crippen molar-refractivity contribution in [2.24, 2.45) is 11.8 Å². The van der Waals surface area contributed by atoms with Crippen LogP contribution >= 0.6 is 0 Å². The molecule has 0 rings (SSSR count). The van der Waals surface area contributed by atoms with Crippen LogP contribution in [0, 0.1) is 11.8 Å². The van der Waals surface area contributed by atoms with Gasteiger partial charge in [-0.25, -0.2) is 0 Å². The molecule has 0 aliphatic rings. The second kappa shape index (κ2) is 6.17. The number of hydrogen-bond donors (Lipinski definition) is 3. The summed E-state index contributed by atoms with van der Waals surface area (Å²) in [6, 6.07) is 0.0761. The molecule has 0 aromatic carbocycles. The minimum absolute atomic E-state index is 0.0761. The van der Waals surface area contributed by atoms with Crippen molar-refractivity contribution in [2.75, 3.05) is 7.05 Å². The molecule has 0 spiro atoms. The second-order valence-electron chi connectivity index (χ2n) is 6.33. The molecule has 17 heavy (non-hydrogen) atoms. The molecule has 0 fully saturated rings. The average molecular weight is 245 g/mol. The first kappa shape index (κ1) is 16.9. The van der Waals surface area contributed by atoms with Gasteiger partial charge >= 0.3 is 0 Å². The Bertz CT molecular complexity index is 221. The van der Waals surface area contributed by atoms with Crippen molar-refractivity contribution < 1.29 is 10.2 Å². The Hall–Kier alpha value is -0.120. The number of nitrogens with one attached hydrogen (secondary N) is 1. The van der Waals surface area contributed by atoms with Gasteiger partial charge in [-0.05, 0) is 59.4 Å². The average Bonchev–Trinajstić information content (AvgIpc) is 2.22. The highest BCUT2D eigenvalue weighted by atomic mass is 16.3. The lowest BCUT2D eigenvalue weighted by atomic mass is 9.78. The van der Waals surface area contributed by atoms with Crippen LogP contribution in [0.5, 0.6) is 0 Å². The van der Waals surface area contributed by atoms with Gasteiger partial charge < -0.3 is 15.5 Å². The van der Waals surface area contributed by atoms with Crippen LogP contribution in [0.2, 0.25) is 0 Å². The molecule has 0 aromatic heterocycles. The lowest BCUT2D eigenvalue weighted by Gasteiger charge is -2.35. The van der Waals surface area contributed by atoms with Crippen LogP contribution in [-0.4, -0.2) is 34.5 Å². The predicted molar refractivity (Wildman–Crippen MR) is 73.0 cm³/mol. The van der Waals surface area contributed by atoms with E-state index in [-0.39, 0.29) is 12.0 Å². The van der Waals surface area contributed by atoms with Crippen LogP contribution in [-0.2, 0) is 0 Å². The molecule has 104 valence electrons. The van der Waals surface area contributed by atoms with Crippen molar-refractivity contribution in [3.63, 3.8) is 0 Å². The summed E-state index contributed by atoms with van der Waals surface area (Å²) < 4.78 is 0. The van der Waals surface area contributed by atoms with Gasteiger partial charge in [-0.15, -0.1) is 0 Å². The van der Waals surface area contributed by atoms with Crippen LogP contribution < -0.4 is 5.32 Å². The molecule has 0 aliphatic heterocycles. The molecule has 3 N–H and O–H groups in total. The lowest BCUT2D eigenvalue weighted by molar-refractivity contribution is -0.0168. The van der Waals surface area contributed by atoms with Crippen LogP contribution in [0.15, 0.2) is 0 Å². The molecular formula is C14H31NO2. The Kier molecular flexibility index (Phi) is 6.12. The van der Waals surface area contributed by atoms with Gasteiger partial charge in [0.1, 0.15) is 0 Å². The third-order valence-electron chi connectivity index (χ3n) is 4.44. The normalized spacial score (nSPS) is 21.7. The minimum Gasteiger partial charge on any atom is -0.390 e. The zero-order chi connectivity index (χ0) is 13.9. The number of hydrogen-bond acceptors (Lipinski definition) is 3. The smallest absolute Gasteiger partial charge is 0.0769 e.